The van der Waals surface area contributed by atoms with Crippen LogP contribution in [0.5, 0.6) is 5.75 Å². The van der Waals surface area contributed by atoms with Gasteiger partial charge in [-0.2, -0.15) is 0 Å². The third-order valence-corrected chi connectivity index (χ3v) is 4.59. The number of rotatable bonds is 6. The van der Waals surface area contributed by atoms with Crippen LogP contribution < -0.4 is 20.7 Å². The number of amides is 1. The zero-order valence-electron chi connectivity index (χ0n) is 15.8. The van der Waals surface area contributed by atoms with Crippen molar-refractivity contribution in [1.82, 2.24) is 16.0 Å². The van der Waals surface area contributed by atoms with Gasteiger partial charge in [0.25, 0.3) is 5.91 Å². The topological polar surface area (TPSA) is 74.8 Å². The maximum atomic E-state index is 11.6. The second kappa shape index (κ2) is 9.07. The predicted octanol–water partition coefficient (Wildman–Crippen LogP) is 1.89. The average molecular weight is 366 g/mol. The SMILES string of the molecule is CN=C(NCCc1ccc2c(c1)CCO2)NCc1ccc(C(=O)NC)cc1. The minimum atomic E-state index is -0.0786. The highest BCUT2D eigenvalue weighted by molar-refractivity contribution is 5.93. The summed E-state index contributed by atoms with van der Waals surface area (Å²) in [4.78, 5) is 15.8. The molecule has 0 fully saturated rings. The Labute approximate surface area is 160 Å². The quantitative estimate of drug-likeness (QED) is 0.539. The lowest BCUT2D eigenvalue weighted by Crippen LogP contribution is -2.37. The molecule has 3 rings (SSSR count). The Hall–Kier alpha value is -3.02. The summed E-state index contributed by atoms with van der Waals surface area (Å²) in [6, 6.07) is 13.9. The molecule has 3 N–H and O–H groups in total. The van der Waals surface area contributed by atoms with Crippen molar-refractivity contribution >= 4 is 11.9 Å². The Morgan fingerprint density at radius 3 is 2.63 bits per heavy atom. The van der Waals surface area contributed by atoms with E-state index in [0.29, 0.717) is 12.1 Å². The molecular formula is C21H26N4O2. The second-order valence-corrected chi connectivity index (χ2v) is 6.42. The predicted molar refractivity (Wildman–Crippen MR) is 107 cm³/mol. The summed E-state index contributed by atoms with van der Waals surface area (Å²) >= 11 is 0. The van der Waals surface area contributed by atoms with E-state index >= 15 is 0 Å². The number of hydrogen-bond donors (Lipinski definition) is 3. The zero-order valence-corrected chi connectivity index (χ0v) is 15.8. The number of aliphatic imine (C=N–C) groups is 1. The smallest absolute Gasteiger partial charge is 0.251 e. The summed E-state index contributed by atoms with van der Waals surface area (Å²) in [6.07, 6.45) is 1.92. The normalized spacial score (nSPS) is 12.9. The monoisotopic (exact) mass is 366 g/mol. The highest BCUT2D eigenvalue weighted by atomic mass is 16.5. The standard InChI is InChI=1S/C21H26N4O2/c1-22-20(26)17-6-3-16(4-7-17)14-25-21(23-2)24-11-9-15-5-8-19-18(13-15)10-12-27-19/h3-8,13H,9-12,14H2,1-2H3,(H,22,26)(H2,23,24,25). The van der Waals surface area contributed by atoms with E-state index in [1.54, 1.807) is 14.1 Å². The van der Waals surface area contributed by atoms with Crippen LogP contribution in [0.1, 0.15) is 27.0 Å². The maximum Gasteiger partial charge on any atom is 0.251 e. The molecule has 0 radical (unpaired) electrons. The van der Waals surface area contributed by atoms with Crippen LogP contribution in [0, 0.1) is 0 Å². The van der Waals surface area contributed by atoms with Gasteiger partial charge in [-0.1, -0.05) is 24.3 Å². The number of carbonyl (C=O) groups excluding carboxylic acids is 1. The molecule has 1 heterocycles. The highest BCUT2D eigenvalue weighted by Gasteiger charge is 2.11. The molecule has 6 heteroatoms. The first-order chi connectivity index (χ1) is 13.2. The molecule has 2 aromatic carbocycles. The van der Waals surface area contributed by atoms with Gasteiger partial charge in [0, 0.05) is 39.2 Å². The fraction of sp³-hybridized carbons (Fsp3) is 0.333. The van der Waals surface area contributed by atoms with Gasteiger partial charge in [-0.25, -0.2) is 0 Å². The van der Waals surface area contributed by atoms with Crippen LogP contribution in [0.2, 0.25) is 0 Å². The first kappa shape index (κ1) is 18.8. The number of guanidine groups is 1. The largest absolute Gasteiger partial charge is 0.493 e. The third-order valence-electron chi connectivity index (χ3n) is 4.59. The first-order valence-electron chi connectivity index (χ1n) is 9.19. The zero-order chi connectivity index (χ0) is 19.1. The number of hydrogen-bond acceptors (Lipinski definition) is 3. The number of nitrogens with zero attached hydrogens (tertiary/aromatic N) is 1. The first-order valence-corrected chi connectivity index (χ1v) is 9.19. The summed E-state index contributed by atoms with van der Waals surface area (Å²) in [5.74, 6) is 1.70. The van der Waals surface area contributed by atoms with Crippen LogP contribution in [0.3, 0.4) is 0 Å². The van der Waals surface area contributed by atoms with Crippen molar-refractivity contribution < 1.29 is 9.53 Å². The van der Waals surface area contributed by atoms with Crippen molar-refractivity contribution in [2.24, 2.45) is 4.99 Å². The maximum absolute atomic E-state index is 11.6. The summed E-state index contributed by atoms with van der Waals surface area (Å²) in [6.45, 7) is 2.23. The minimum Gasteiger partial charge on any atom is -0.493 e. The van der Waals surface area contributed by atoms with Gasteiger partial charge in [0.2, 0.25) is 0 Å². The van der Waals surface area contributed by atoms with Crippen molar-refractivity contribution in [2.45, 2.75) is 19.4 Å². The van der Waals surface area contributed by atoms with E-state index < -0.39 is 0 Å². The van der Waals surface area contributed by atoms with Gasteiger partial charge in [-0.05, 0) is 41.3 Å². The Morgan fingerprint density at radius 2 is 1.89 bits per heavy atom. The van der Waals surface area contributed by atoms with Crippen molar-refractivity contribution in [2.75, 3.05) is 27.2 Å². The molecule has 0 bridgehead atoms. The van der Waals surface area contributed by atoms with Gasteiger partial charge < -0.3 is 20.7 Å². The van der Waals surface area contributed by atoms with Crippen molar-refractivity contribution in [3.63, 3.8) is 0 Å². The van der Waals surface area contributed by atoms with Gasteiger partial charge in [-0.15, -0.1) is 0 Å². The van der Waals surface area contributed by atoms with E-state index in [1.165, 1.54) is 11.1 Å². The Kier molecular flexibility index (Phi) is 6.30. The van der Waals surface area contributed by atoms with Crippen LogP contribution >= 0.6 is 0 Å². The summed E-state index contributed by atoms with van der Waals surface area (Å²) in [7, 11) is 3.39. The summed E-state index contributed by atoms with van der Waals surface area (Å²) in [5, 5.41) is 9.25. The van der Waals surface area contributed by atoms with Crippen molar-refractivity contribution in [3.8, 4) is 5.75 Å². The molecule has 0 saturated heterocycles. The van der Waals surface area contributed by atoms with E-state index in [2.05, 4.69) is 39.1 Å². The number of carbonyl (C=O) groups is 1. The third kappa shape index (κ3) is 5.00. The lowest BCUT2D eigenvalue weighted by Gasteiger charge is -2.12. The molecule has 1 amide bonds. The van der Waals surface area contributed by atoms with Gasteiger partial charge in [0.15, 0.2) is 5.96 Å². The van der Waals surface area contributed by atoms with E-state index in [1.807, 2.05) is 24.3 Å². The molecule has 0 atom stereocenters. The molecule has 0 aliphatic carbocycles. The van der Waals surface area contributed by atoms with E-state index in [9.17, 15) is 4.79 Å². The Bertz CT molecular complexity index is 815. The molecule has 27 heavy (non-hydrogen) atoms. The lowest BCUT2D eigenvalue weighted by atomic mass is 10.1. The van der Waals surface area contributed by atoms with Crippen LogP contribution in [0.25, 0.3) is 0 Å². The highest BCUT2D eigenvalue weighted by Crippen LogP contribution is 2.25. The fourth-order valence-corrected chi connectivity index (χ4v) is 3.05. The average Bonchev–Trinajstić information content (AvgIpc) is 3.18. The molecule has 1 aliphatic heterocycles. The van der Waals surface area contributed by atoms with Gasteiger partial charge in [0.1, 0.15) is 5.75 Å². The van der Waals surface area contributed by atoms with Crippen LogP contribution in [-0.2, 0) is 19.4 Å². The Balaban J connectivity index is 1.45. The molecule has 6 nitrogen and oxygen atoms in total. The van der Waals surface area contributed by atoms with Crippen LogP contribution in [0.4, 0.5) is 0 Å². The molecule has 2 aromatic rings. The second-order valence-electron chi connectivity index (χ2n) is 6.42. The molecule has 0 saturated carbocycles. The summed E-state index contributed by atoms with van der Waals surface area (Å²) in [5.41, 5.74) is 4.34. The van der Waals surface area contributed by atoms with Crippen LogP contribution in [-0.4, -0.2) is 39.1 Å². The number of benzene rings is 2. The van der Waals surface area contributed by atoms with Gasteiger partial charge in [0.05, 0.1) is 6.61 Å². The molecular weight excluding hydrogens is 340 g/mol. The van der Waals surface area contributed by atoms with E-state index in [0.717, 1.165) is 43.3 Å². The van der Waals surface area contributed by atoms with E-state index in [-0.39, 0.29) is 5.91 Å². The minimum absolute atomic E-state index is 0.0786. The molecule has 0 aromatic heterocycles. The lowest BCUT2D eigenvalue weighted by molar-refractivity contribution is 0.0963. The number of fused-ring (bicyclic) bond motifs is 1. The number of ether oxygens (including phenoxy) is 1. The van der Waals surface area contributed by atoms with Crippen molar-refractivity contribution in [3.05, 3.63) is 64.7 Å². The number of nitrogens with one attached hydrogen (secondary N) is 3. The van der Waals surface area contributed by atoms with E-state index in [4.69, 9.17) is 4.74 Å². The Morgan fingerprint density at radius 1 is 1.11 bits per heavy atom. The molecule has 142 valence electrons. The summed E-state index contributed by atoms with van der Waals surface area (Å²) < 4.78 is 5.55. The fourth-order valence-electron chi connectivity index (χ4n) is 3.05. The molecule has 0 unspecified atom stereocenters. The molecule has 0 spiro atoms. The van der Waals surface area contributed by atoms with Crippen molar-refractivity contribution in [1.29, 1.82) is 0 Å². The van der Waals surface area contributed by atoms with Gasteiger partial charge >= 0.3 is 0 Å². The molecule has 1 aliphatic rings. The van der Waals surface area contributed by atoms with Crippen LogP contribution in [0.15, 0.2) is 47.5 Å². The van der Waals surface area contributed by atoms with Gasteiger partial charge in [-0.3, -0.25) is 9.79 Å².